The van der Waals surface area contributed by atoms with Crippen LogP contribution in [0.3, 0.4) is 0 Å². The van der Waals surface area contributed by atoms with Crippen LogP contribution in [0.2, 0.25) is 0 Å². The maximum atomic E-state index is 11.5. The number of nitrogens with two attached hydrogens (primary N) is 1. The molecule has 0 atom stereocenters. The maximum absolute atomic E-state index is 11.5. The van der Waals surface area contributed by atoms with Crippen molar-refractivity contribution < 1.29 is 4.79 Å². The number of aromatic nitrogens is 3. The molecule has 29 heavy (non-hydrogen) atoms. The van der Waals surface area contributed by atoms with Crippen molar-refractivity contribution in [3.63, 3.8) is 0 Å². The van der Waals surface area contributed by atoms with E-state index in [-0.39, 0.29) is 12.5 Å². The van der Waals surface area contributed by atoms with Gasteiger partial charge in [0.05, 0.1) is 6.54 Å². The highest BCUT2D eigenvalue weighted by Gasteiger charge is 2.14. The van der Waals surface area contributed by atoms with Crippen LogP contribution in [0.5, 0.6) is 0 Å². The van der Waals surface area contributed by atoms with Gasteiger partial charge in [0.15, 0.2) is 0 Å². The molecule has 6 heteroatoms. The Morgan fingerprint density at radius 2 is 1.79 bits per heavy atom. The molecule has 2 aromatic carbocycles. The minimum absolute atomic E-state index is 0.194. The minimum Gasteiger partial charge on any atom is -0.368 e. The number of benzene rings is 2. The Morgan fingerprint density at radius 1 is 1.03 bits per heavy atom. The van der Waals surface area contributed by atoms with Gasteiger partial charge in [-0.05, 0) is 35.7 Å². The summed E-state index contributed by atoms with van der Waals surface area (Å²) in [6, 6.07) is 18.5. The van der Waals surface area contributed by atoms with Crippen molar-refractivity contribution in [2.45, 2.75) is 33.1 Å². The van der Waals surface area contributed by atoms with Gasteiger partial charge in [0, 0.05) is 42.1 Å². The van der Waals surface area contributed by atoms with Crippen LogP contribution in [0.1, 0.15) is 22.4 Å². The zero-order valence-corrected chi connectivity index (χ0v) is 16.5. The Kier molecular flexibility index (Phi) is 5.44. The number of para-hydroxylation sites is 1. The van der Waals surface area contributed by atoms with Crippen molar-refractivity contribution in [1.29, 1.82) is 0 Å². The van der Waals surface area contributed by atoms with E-state index in [1.54, 1.807) is 6.20 Å². The molecule has 0 bridgehead atoms. The fourth-order valence-electron chi connectivity index (χ4n) is 3.86. The monoisotopic (exact) mass is 387 g/mol. The molecule has 0 fully saturated rings. The zero-order chi connectivity index (χ0) is 20.2. The van der Waals surface area contributed by atoms with Gasteiger partial charge in [-0.25, -0.2) is 0 Å². The summed E-state index contributed by atoms with van der Waals surface area (Å²) in [7, 11) is 0. The molecule has 148 valence electrons. The third-order valence-corrected chi connectivity index (χ3v) is 5.30. The number of amides is 1. The molecule has 1 amide bonds. The zero-order valence-electron chi connectivity index (χ0n) is 16.5. The Labute approximate surface area is 169 Å². The van der Waals surface area contributed by atoms with Gasteiger partial charge in [-0.3, -0.25) is 9.48 Å². The number of rotatable bonds is 8. The molecule has 0 aliphatic carbocycles. The predicted molar refractivity (Wildman–Crippen MR) is 114 cm³/mol. The first-order valence-corrected chi connectivity index (χ1v) is 9.73. The van der Waals surface area contributed by atoms with Gasteiger partial charge in [0.25, 0.3) is 0 Å². The van der Waals surface area contributed by atoms with E-state index < -0.39 is 0 Å². The number of carbonyl (C=O) groups excluding carboxylic acids is 1. The first-order chi connectivity index (χ1) is 14.1. The van der Waals surface area contributed by atoms with Crippen molar-refractivity contribution in [1.82, 2.24) is 19.7 Å². The van der Waals surface area contributed by atoms with Crippen molar-refractivity contribution in [2.75, 3.05) is 0 Å². The first-order valence-electron chi connectivity index (χ1n) is 9.73. The maximum Gasteiger partial charge on any atom is 0.237 e. The lowest BCUT2D eigenvalue weighted by atomic mass is 10.1. The molecule has 0 saturated carbocycles. The number of fused-ring (bicyclic) bond motifs is 1. The second-order valence-electron chi connectivity index (χ2n) is 7.21. The van der Waals surface area contributed by atoms with E-state index >= 15 is 0 Å². The lowest BCUT2D eigenvalue weighted by molar-refractivity contribution is -0.118. The summed E-state index contributed by atoms with van der Waals surface area (Å²) in [5.74, 6) is -0.332. The van der Waals surface area contributed by atoms with E-state index in [1.165, 1.54) is 16.7 Å². The molecule has 0 aliphatic rings. The van der Waals surface area contributed by atoms with Crippen molar-refractivity contribution >= 4 is 16.8 Å². The summed E-state index contributed by atoms with van der Waals surface area (Å²) in [6.45, 7) is 4.47. The Hall–Kier alpha value is -3.38. The van der Waals surface area contributed by atoms with Gasteiger partial charge in [-0.15, -0.1) is 0 Å². The second-order valence-corrected chi connectivity index (χ2v) is 7.21. The molecule has 0 radical (unpaired) electrons. The molecule has 0 unspecified atom stereocenters. The molecular weight excluding hydrogens is 362 g/mol. The number of primary amides is 1. The third-order valence-electron chi connectivity index (χ3n) is 5.30. The van der Waals surface area contributed by atoms with Gasteiger partial charge >= 0.3 is 0 Å². The van der Waals surface area contributed by atoms with Gasteiger partial charge in [0.2, 0.25) is 5.91 Å². The van der Waals surface area contributed by atoms with Crippen LogP contribution in [0.4, 0.5) is 0 Å². The molecule has 6 nitrogen and oxygen atoms in total. The highest BCUT2D eigenvalue weighted by molar-refractivity contribution is 5.87. The summed E-state index contributed by atoms with van der Waals surface area (Å²) < 4.78 is 3.93. The van der Waals surface area contributed by atoms with Crippen LogP contribution in [-0.2, 0) is 31.0 Å². The second kappa shape index (κ2) is 8.32. The quantitative estimate of drug-likeness (QED) is 0.488. The van der Waals surface area contributed by atoms with Crippen LogP contribution >= 0.6 is 0 Å². The van der Waals surface area contributed by atoms with E-state index in [0.29, 0.717) is 6.54 Å². The van der Waals surface area contributed by atoms with E-state index in [0.717, 1.165) is 29.7 Å². The molecule has 3 N–H and O–H groups in total. The smallest absolute Gasteiger partial charge is 0.237 e. The fraction of sp³-hybridized carbons (Fsp3) is 0.217. The predicted octanol–water partition coefficient (Wildman–Crippen LogP) is 2.97. The normalized spacial score (nSPS) is 11.2. The molecule has 2 heterocycles. The molecule has 2 aromatic heterocycles. The molecular formula is C23H25N5O. The summed E-state index contributed by atoms with van der Waals surface area (Å²) in [6.07, 6.45) is 3.77. The highest BCUT2D eigenvalue weighted by atomic mass is 16.1. The molecule has 0 aliphatic heterocycles. The minimum atomic E-state index is -0.332. The topological polar surface area (TPSA) is 77.9 Å². The van der Waals surface area contributed by atoms with Crippen molar-refractivity contribution in [2.24, 2.45) is 5.73 Å². The summed E-state index contributed by atoms with van der Waals surface area (Å²) in [5, 5.41) is 9.04. The van der Waals surface area contributed by atoms with Gasteiger partial charge < -0.3 is 15.6 Å². The fourth-order valence-corrected chi connectivity index (χ4v) is 3.86. The van der Waals surface area contributed by atoms with Gasteiger partial charge in [0.1, 0.15) is 6.54 Å². The Bertz CT molecular complexity index is 1130. The van der Waals surface area contributed by atoms with Crippen LogP contribution in [-0.4, -0.2) is 20.3 Å². The largest absolute Gasteiger partial charge is 0.368 e. The molecule has 4 aromatic rings. The van der Waals surface area contributed by atoms with Gasteiger partial charge in [-0.2, -0.15) is 5.10 Å². The van der Waals surface area contributed by atoms with Crippen molar-refractivity contribution in [3.8, 4) is 0 Å². The summed E-state index contributed by atoms with van der Waals surface area (Å²) in [4.78, 5) is 11.5. The Balaban J connectivity index is 1.53. The highest BCUT2D eigenvalue weighted by Crippen LogP contribution is 2.26. The number of nitrogens with one attached hydrogen (secondary N) is 1. The van der Waals surface area contributed by atoms with E-state index in [2.05, 4.69) is 40.7 Å². The van der Waals surface area contributed by atoms with Crippen LogP contribution in [0, 0.1) is 6.92 Å². The van der Waals surface area contributed by atoms with Crippen LogP contribution in [0.25, 0.3) is 10.9 Å². The van der Waals surface area contributed by atoms with E-state index in [9.17, 15) is 4.79 Å². The molecule has 4 rings (SSSR count). The number of nitrogens with zero attached hydrogens (tertiary/aromatic N) is 3. The number of hydrogen-bond donors (Lipinski definition) is 2. The summed E-state index contributed by atoms with van der Waals surface area (Å²) >= 11 is 0. The van der Waals surface area contributed by atoms with E-state index in [1.807, 2.05) is 46.6 Å². The average molecular weight is 387 g/mol. The molecule has 0 saturated heterocycles. The Morgan fingerprint density at radius 3 is 2.55 bits per heavy atom. The standard InChI is InChI=1S/C23H25N5O/c1-17-21(20-9-4-5-10-22(20)28(17)16-23(24)29)14-25-13-18-7-2-3-8-19(18)15-27-12-6-11-26-27/h2-12,25H,13-16H2,1H3,(H2,24,29). The van der Waals surface area contributed by atoms with Crippen LogP contribution in [0.15, 0.2) is 67.0 Å². The van der Waals surface area contributed by atoms with E-state index in [4.69, 9.17) is 5.73 Å². The van der Waals surface area contributed by atoms with Gasteiger partial charge in [-0.1, -0.05) is 42.5 Å². The number of hydrogen-bond acceptors (Lipinski definition) is 3. The third kappa shape index (κ3) is 4.07. The lowest BCUT2D eigenvalue weighted by Gasteiger charge is -2.11. The lowest BCUT2D eigenvalue weighted by Crippen LogP contribution is -2.20. The van der Waals surface area contributed by atoms with Crippen molar-refractivity contribution in [3.05, 3.63) is 89.4 Å². The molecule has 0 spiro atoms. The summed E-state index contributed by atoms with van der Waals surface area (Å²) in [5.41, 5.74) is 11.3. The first kappa shape index (κ1) is 19.0. The SMILES string of the molecule is Cc1c(CNCc2ccccc2Cn2cccn2)c2ccccc2n1CC(N)=O. The van der Waals surface area contributed by atoms with Crippen LogP contribution < -0.4 is 11.1 Å². The number of carbonyl (C=O) groups is 1. The average Bonchev–Trinajstić information content (AvgIpc) is 3.31.